The number of halogens is 1. The second kappa shape index (κ2) is 8.38. The molecule has 0 saturated heterocycles. The summed E-state index contributed by atoms with van der Waals surface area (Å²) in [7, 11) is 0.393. The molecule has 2 N–H and O–H groups in total. The number of nitrogens with one attached hydrogen (secondary N) is 2. The number of sulfonamides is 1. The van der Waals surface area contributed by atoms with Gasteiger partial charge in [0.2, 0.25) is 10.0 Å². The third kappa shape index (κ3) is 4.76. The second-order valence-electron chi connectivity index (χ2n) is 5.38. The van der Waals surface area contributed by atoms with E-state index in [1.807, 2.05) is 0 Å². The Morgan fingerprint density at radius 1 is 1.11 bits per heavy atom. The molecule has 0 spiro atoms. The first-order chi connectivity index (χ1) is 12.7. The Morgan fingerprint density at radius 2 is 1.74 bits per heavy atom. The predicted molar refractivity (Wildman–Crippen MR) is 103 cm³/mol. The van der Waals surface area contributed by atoms with Crippen LogP contribution in [0.3, 0.4) is 0 Å². The van der Waals surface area contributed by atoms with Crippen molar-refractivity contribution in [1.29, 1.82) is 0 Å². The van der Waals surface area contributed by atoms with Crippen molar-refractivity contribution < 1.29 is 22.7 Å². The summed E-state index contributed by atoms with van der Waals surface area (Å²) in [4.78, 5) is 25.2. The summed E-state index contributed by atoms with van der Waals surface area (Å²) in [5.41, 5.74) is 1.03. The molecular formula is C17H18ClN3O5S. The Kier molecular flexibility index (Phi) is 6.42. The van der Waals surface area contributed by atoms with Gasteiger partial charge in [-0.25, -0.2) is 17.9 Å². The fourth-order valence-corrected chi connectivity index (χ4v) is 3.13. The molecule has 2 amide bonds. The number of carbonyl (C=O) groups excluding carboxylic acids is 2. The van der Waals surface area contributed by atoms with Gasteiger partial charge in [-0.2, -0.15) is 0 Å². The molecule has 0 unspecified atom stereocenters. The maximum absolute atomic E-state index is 12.5. The normalized spacial score (nSPS) is 11.0. The number of carbonyl (C=O) groups is 2. The van der Waals surface area contributed by atoms with Crippen LogP contribution in [0.1, 0.15) is 10.4 Å². The molecule has 0 saturated carbocycles. The highest BCUT2D eigenvalue weighted by atomic mass is 35.5. The summed E-state index contributed by atoms with van der Waals surface area (Å²) >= 11 is 6.03. The molecule has 2 rings (SSSR count). The lowest BCUT2D eigenvalue weighted by atomic mass is 10.2. The van der Waals surface area contributed by atoms with E-state index < -0.39 is 22.0 Å². The molecule has 0 aromatic heterocycles. The summed E-state index contributed by atoms with van der Waals surface area (Å²) < 4.78 is 30.6. The molecule has 0 aliphatic heterocycles. The van der Waals surface area contributed by atoms with Gasteiger partial charge in [-0.3, -0.25) is 9.69 Å². The van der Waals surface area contributed by atoms with Crippen LogP contribution in [-0.4, -0.2) is 41.6 Å². The molecule has 0 fully saturated rings. The van der Waals surface area contributed by atoms with Gasteiger partial charge in [0.1, 0.15) is 0 Å². The van der Waals surface area contributed by atoms with Crippen LogP contribution in [0, 0.1) is 0 Å². The zero-order valence-electron chi connectivity index (χ0n) is 14.8. The van der Waals surface area contributed by atoms with Crippen molar-refractivity contribution in [2.45, 2.75) is 4.90 Å². The Balaban J connectivity index is 2.23. The summed E-state index contributed by atoms with van der Waals surface area (Å²) in [5, 5.41) is 2.75. The third-order valence-corrected chi connectivity index (χ3v) is 5.46. The third-order valence-electron chi connectivity index (χ3n) is 3.72. The molecule has 8 nitrogen and oxygen atoms in total. The van der Waals surface area contributed by atoms with Crippen LogP contribution in [0.4, 0.5) is 16.2 Å². The molecule has 0 radical (unpaired) electrons. The van der Waals surface area contributed by atoms with E-state index in [4.69, 9.17) is 11.6 Å². The molecular weight excluding hydrogens is 394 g/mol. The van der Waals surface area contributed by atoms with Crippen molar-refractivity contribution in [1.82, 2.24) is 4.72 Å². The minimum Gasteiger partial charge on any atom is -0.452 e. The minimum atomic E-state index is -3.71. The number of nitrogens with zero attached hydrogens (tertiary/aromatic N) is 1. The van der Waals surface area contributed by atoms with Crippen molar-refractivity contribution in [3.63, 3.8) is 0 Å². The molecule has 144 valence electrons. The first-order valence-electron chi connectivity index (χ1n) is 7.66. The van der Waals surface area contributed by atoms with Crippen LogP contribution >= 0.6 is 11.6 Å². The Hall–Kier alpha value is -2.62. The molecule has 0 aliphatic carbocycles. The second-order valence-corrected chi connectivity index (χ2v) is 7.67. The number of methoxy groups -OCH3 is 1. The van der Waals surface area contributed by atoms with E-state index >= 15 is 0 Å². The quantitative estimate of drug-likeness (QED) is 0.787. The summed E-state index contributed by atoms with van der Waals surface area (Å²) in [6, 6.07) is 10.3. The standard InChI is InChI=1S/C17H18ClN3O5S/c1-19-27(24,25)13-8-9-15(18)14(10-13)16(22)20-11-4-6-12(7-5-11)21(2)17(23)26-3/h4-10,19H,1-3H3,(H,20,22). The summed E-state index contributed by atoms with van der Waals surface area (Å²) in [6.45, 7) is 0. The topological polar surface area (TPSA) is 105 Å². The van der Waals surface area contributed by atoms with Crippen molar-refractivity contribution >= 4 is 45.0 Å². The number of rotatable bonds is 5. The molecule has 2 aromatic rings. The van der Waals surface area contributed by atoms with Gasteiger partial charge in [-0.1, -0.05) is 11.6 Å². The van der Waals surface area contributed by atoms with Crippen molar-refractivity contribution in [3.8, 4) is 0 Å². The number of anilines is 2. The fraction of sp³-hybridized carbons (Fsp3) is 0.176. The first-order valence-corrected chi connectivity index (χ1v) is 9.52. The lowest BCUT2D eigenvalue weighted by Crippen LogP contribution is -2.25. The molecule has 0 bridgehead atoms. The van der Waals surface area contributed by atoms with Crippen LogP contribution in [0.25, 0.3) is 0 Å². The van der Waals surface area contributed by atoms with Crippen molar-refractivity contribution in [2.75, 3.05) is 31.4 Å². The fourth-order valence-electron chi connectivity index (χ4n) is 2.17. The van der Waals surface area contributed by atoms with Crippen LogP contribution in [-0.2, 0) is 14.8 Å². The lowest BCUT2D eigenvalue weighted by Gasteiger charge is -2.16. The molecule has 2 aromatic carbocycles. The summed E-state index contributed by atoms with van der Waals surface area (Å²) in [5.74, 6) is -0.567. The number of hydrogen-bond donors (Lipinski definition) is 2. The average Bonchev–Trinajstić information content (AvgIpc) is 2.67. The lowest BCUT2D eigenvalue weighted by molar-refractivity contribution is 0.102. The molecule has 0 atom stereocenters. The Bertz CT molecular complexity index is 961. The Labute approximate surface area is 162 Å². The predicted octanol–water partition coefficient (Wildman–Crippen LogP) is 2.70. The highest BCUT2D eigenvalue weighted by molar-refractivity contribution is 7.89. The Morgan fingerprint density at radius 3 is 2.30 bits per heavy atom. The van der Waals surface area contributed by atoms with Crippen LogP contribution in [0.2, 0.25) is 5.02 Å². The minimum absolute atomic E-state index is 0.0174. The van der Waals surface area contributed by atoms with Gasteiger partial charge < -0.3 is 10.1 Å². The highest BCUT2D eigenvalue weighted by Crippen LogP contribution is 2.23. The molecule has 0 heterocycles. The monoisotopic (exact) mass is 411 g/mol. The maximum Gasteiger partial charge on any atom is 0.413 e. The maximum atomic E-state index is 12.5. The average molecular weight is 412 g/mol. The van der Waals surface area contributed by atoms with Gasteiger partial charge in [0.05, 0.1) is 22.6 Å². The largest absolute Gasteiger partial charge is 0.452 e. The number of benzene rings is 2. The smallest absolute Gasteiger partial charge is 0.413 e. The van der Waals surface area contributed by atoms with Gasteiger partial charge in [-0.05, 0) is 49.5 Å². The molecule has 27 heavy (non-hydrogen) atoms. The van der Waals surface area contributed by atoms with E-state index in [1.54, 1.807) is 31.3 Å². The summed E-state index contributed by atoms with van der Waals surface area (Å²) in [6.07, 6.45) is -0.527. The van der Waals surface area contributed by atoms with Crippen LogP contribution in [0.15, 0.2) is 47.4 Å². The number of hydrogen-bond acceptors (Lipinski definition) is 5. The highest BCUT2D eigenvalue weighted by Gasteiger charge is 2.18. The van der Waals surface area contributed by atoms with Crippen LogP contribution in [0.5, 0.6) is 0 Å². The van der Waals surface area contributed by atoms with E-state index in [0.717, 1.165) is 0 Å². The van der Waals surface area contributed by atoms with E-state index in [1.165, 1.54) is 37.3 Å². The van der Waals surface area contributed by atoms with Gasteiger partial charge >= 0.3 is 6.09 Å². The van der Waals surface area contributed by atoms with Crippen LogP contribution < -0.4 is 14.9 Å². The molecule has 10 heteroatoms. The van der Waals surface area contributed by atoms with E-state index in [0.29, 0.717) is 11.4 Å². The van der Waals surface area contributed by atoms with Crippen molar-refractivity contribution in [3.05, 3.63) is 53.1 Å². The molecule has 0 aliphatic rings. The van der Waals surface area contributed by atoms with E-state index in [2.05, 4.69) is 14.8 Å². The van der Waals surface area contributed by atoms with E-state index in [9.17, 15) is 18.0 Å². The SMILES string of the molecule is CNS(=O)(=O)c1ccc(Cl)c(C(=O)Nc2ccc(N(C)C(=O)OC)cc2)c1. The zero-order chi connectivity index (χ0) is 20.2. The number of ether oxygens (including phenoxy) is 1. The van der Waals surface area contributed by atoms with Gasteiger partial charge in [0.25, 0.3) is 5.91 Å². The van der Waals surface area contributed by atoms with Gasteiger partial charge in [-0.15, -0.1) is 0 Å². The number of amides is 2. The van der Waals surface area contributed by atoms with Gasteiger partial charge in [0, 0.05) is 18.4 Å². The van der Waals surface area contributed by atoms with E-state index in [-0.39, 0.29) is 15.5 Å². The van der Waals surface area contributed by atoms with Gasteiger partial charge in [0.15, 0.2) is 0 Å². The zero-order valence-corrected chi connectivity index (χ0v) is 16.4. The van der Waals surface area contributed by atoms with Crippen molar-refractivity contribution in [2.24, 2.45) is 0 Å². The first kappa shape index (κ1) is 20.7.